The summed E-state index contributed by atoms with van der Waals surface area (Å²) in [5, 5.41) is 9.44. The van der Waals surface area contributed by atoms with Gasteiger partial charge in [-0.2, -0.15) is 5.26 Å². The van der Waals surface area contributed by atoms with E-state index < -0.39 is 5.97 Å². The molecule has 0 unspecified atom stereocenters. The maximum Gasteiger partial charge on any atom is 0.310 e. The summed E-state index contributed by atoms with van der Waals surface area (Å²) >= 11 is 11.7. The van der Waals surface area contributed by atoms with Crippen LogP contribution in [0.25, 0.3) is 0 Å². The fraction of sp³-hybridized carbons (Fsp3) is 0.333. The van der Waals surface area contributed by atoms with Gasteiger partial charge in [-0.05, 0) is 25.5 Å². The Kier molecular flexibility index (Phi) is 4.80. The first-order valence-electron chi connectivity index (χ1n) is 5.02. The molecule has 1 rings (SSSR count). The molecule has 0 aliphatic heterocycles. The lowest BCUT2D eigenvalue weighted by Gasteiger charge is -2.09. The summed E-state index contributed by atoms with van der Waals surface area (Å²) in [6, 6.07) is 5.10. The van der Waals surface area contributed by atoms with Gasteiger partial charge in [0.25, 0.3) is 0 Å². The molecular weight excluding hydrogens is 261 g/mol. The van der Waals surface area contributed by atoms with Crippen LogP contribution in [-0.4, -0.2) is 12.1 Å². The number of rotatable bonds is 3. The fourth-order valence-electron chi connectivity index (χ4n) is 1.32. The number of nitrogens with zero attached hydrogens (tertiary/aromatic N) is 1. The Morgan fingerprint density at radius 2 is 2.12 bits per heavy atom. The third-order valence-electron chi connectivity index (χ3n) is 1.99. The van der Waals surface area contributed by atoms with Crippen LogP contribution in [0.1, 0.15) is 25.0 Å². The Balaban J connectivity index is 2.97. The molecule has 0 aromatic heterocycles. The molecule has 90 valence electrons. The summed E-state index contributed by atoms with van der Waals surface area (Å²) in [6.07, 6.45) is -0.173. The van der Waals surface area contributed by atoms with Crippen LogP contribution in [0.2, 0.25) is 10.0 Å². The molecule has 0 aliphatic rings. The number of halogens is 2. The average molecular weight is 272 g/mol. The molecule has 17 heavy (non-hydrogen) atoms. The SMILES string of the molecule is CC(C)OC(=O)Cc1ccc(Cl)c(Cl)c1C#N. The van der Waals surface area contributed by atoms with E-state index in [1.807, 2.05) is 6.07 Å². The largest absolute Gasteiger partial charge is 0.463 e. The molecule has 0 heterocycles. The van der Waals surface area contributed by atoms with Crippen LogP contribution >= 0.6 is 23.2 Å². The smallest absolute Gasteiger partial charge is 0.310 e. The van der Waals surface area contributed by atoms with Gasteiger partial charge in [0.1, 0.15) is 6.07 Å². The highest BCUT2D eigenvalue weighted by molar-refractivity contribution is 6.42. The molecule has 0 bridgehead atoms. The molecule has 3 nitrogen and oxygen atoms in total. The van der Waals surface area contributed by atoms with E-state index >= 15 is 0 Å². The van der Waals surface area contributed by atoms with E-state index in [-0.39, 0.29) is 23.1 Å². The van der Waals surface area contributed by atoms with Gasteiger partial charge in [0, 0.05) is 0 Å². The van der Waals surface area contributed by atoms with Crippen LogP contribution in [0.4, 0.5) is 0 Å². The molecule has 1 aromatic carbocycles. The van der Waals surface area contributed by atoms with Gasteiger partial charge in [0.2, 0.25) is 0 Å². The lowest BCUT2D eigenvalue weighted by Crippen LogP contribution is -2.14. The van der Waals surface area contributed by atoms with Crippen molar-refractivity contribution in [1.29, 1.82) is 5.26 Å². The maximum absolute atomic E-state index is 11.5. The van der Waals surface area contributed by atoms with Gasteiger partial charge in [-0.1, -0.05) is 29.3 Å². The summed E-state index contributed by atoms with van der Waals surface area (Å²) in [5.74, 6) is -0.394. The molecule has 5 heteroatoms. The quantitative estimate of drug-likeness (QED) is 0.793. The van der Waals surface area contributed by atoms with E-state index in [9.17, 15) is 4.79 Å². The summed E-state index contributed by atoms with van der Waals surface area (Å²) in [5.41, 5.74) is 0.743. The molecule has 0 fully saturated rings. The van der Waals surface area contributed by atoms with E-state index in [1.54, 1.807) is 26.0 Å². The molecule has 1 aromatic rings. The maximum atomic E-state index is 11.5. The van der Waals surface area contributed by atoms with Crippen LogP contribution in [0, 0.1) is 11.3 Å². The minimum absolute atomic E-state index is 0.0119. The highest BCUT2D eigenvalue weighted by atomic mass is 35.5. The zero-order chi connectivity index (χ0) is 13.0. The second kappa shape index (κ2) is 5.90. The number of carbonyl (C=O) groups excluding carboxylic acids is 1. The van der Waals surface area contributed by atoms with Gasteiger partial charge in [-0.15, -0.1) is 0 Å². The van der Waals surface area contributed by atoms with E-state index in [4.69, 9.17) is 33.2 Å². The highest BCUT2D eigenvalue weighted by Gasteiger charge is 2.14. The minimum Gasteiger partial charge on any atom is -0.463 e. The van der Waals surface area contributed by atoms with Gasteiger partial charge in [0.05, 0.1) is 28.1 Å². The highest BCUT2D eigenvalue weighted by Crippen LogP contribution is 2.28. The van der Waals surface area contributed by atoms with Gasteiger partial charge < -0.3 is 4.74 Å². The first-order chi connectivity index (χ1) is 7.95. The Hall–Kier alpha value is -1.24. The molecule has 0 radical (unpaired) electrons. The van der Waals surface area contributed by atoms with Crippen molar-refractivity contribution in [3.63, 3.8) is 0 Å². The predicted octanol–water partition coefficient (Wildman–Crippen LogP) is 3.36. The fourth-order valence-corrected chi connectivity index (χ4v) is 1.70. The third kappa shape index (κ3) is 3.62. The number of hydrogen-bond acceptors (Lipinski definition) is 3. The van der Waals surface area contributed by atoms with Gasteiger partial charge in [-0.3, -0.25) is 4.79 Å². The lowest BCUT2D eigenvalue weighted by atomic mass is 10.1. The zero-order valence-corrected chi connectivity index (χ0v) is 11.0. The molecule has 0 spiro atoms. The van der Waals surface area contributed by atoms with Crippen LogP contribution < -0.4 is 0 Å². The summed E-state index contributed by atoms with van der Waals surface area (Å²) in [7, 11) is 0. The second-order valence-corrected chi connectivity index (χ2v) is 4.51. The van der Waals surface area contributed by atoms with Crippen molar-refractivity contribution in [3.8, 4) is 6.07 Å². The number of hydrogen-bond donors (Lipinski definition) is 0. The second-order valence-electron chi connectivity index (χ2n) is 3.72. The molecule has 0 atom stereocenters. The third-order valence-corrected chi connectivity index (χ3v) is 2.80. The van der Waals surface area contributed by atoms with E-state index in [0.717, 1.165) is 0 Å². The monoisotopic (exact) mass is 271 g/mol. The van der Waals surface area contributed by atoms with Crippen molar-refractivity contribution < 1.29 is 9.53 Å². The Morgan fingerprint density at radius 3 is 2.65 bits per heavy atom. The van der Waals surface area contributed by atoms with Crippen molar-refractivity contribution in [2.24, 2.45) is 0 Å². The standard InChI is InChI=1S/C12H11Cl2NO2/c1-7(2)17-11(16)5-8-3-4-10(13)12(14)9(8)6-15/h3-4,7H,5H2,1-2H3. The van der Waals surface area contributed by atoms with Gasteiger partial charge >= 0.3 is 5.97 Å². The number of esters is 1. The molecule has 0 amide bonds. The molecule has 0 saturated heterocycles. The van der Waals surface area contributed by atoms with Crippen LogP contribution in [-0.2, 0) is 16.0 Å². The van der Waals surface area contributed by atoms with E-state index in [1.165, 1.54) is 0 Å². The van der Waals surface area contributed by atoms with Crippen LogP contribution in [0.3, 0.4) is 0 Å². The molecular formula is C12H11Cl2NO2. The molecule has 0 saturated carbocycles. The van der Waals surface area contributed by atoms with Crippen molar-refractivity contribution in [1.82, 2.24) is 0 Å². The van der Waals surface area contributed by atoms with Crippen LogP contribution in [0.5, 0.6) is 0 Å². The van der Waals surface area contributed by atoms with E-state index in [2.05, 4.69) is 0 Å². The summed E-state index contributed by atoms with van der Waals surface area (Å²) in [4.78, 5) is 11.5. The predicted molar refractivity (Wildman–Crippen MR) is 66.1 cm³/mol. The zero-order valence-electron chi connectivity index (χ0n) is 9.46. The number of carbonyl (C=O) groups is 1. The van der Waals surface area contributed by atoms with Crippen LogP contribution in [0.15, 0.2) is 12.1 Å². The summed E-state index contributed by atoms with van der Waals surface area (Å²) < 4.78 is 5.00. The van der Waals surface area contributed by atoms with Crippen molar-refractivity contribution in [3.05, 3.63) is 33.3 Å². The lowest BCUT2D eigenvalue weighted by molar-refractivity contribution is -0.146. The normalized spacial score (nSPS) is 10.1. The summed E-state index contributed by atoms with van der Waals surface area (Å²) in [6.45, 7) is 3.52. The number of ether oxygens (including phenoxy) is 1. The Morgan fingerprint density at radius 1 is 1.47 bits per heavy atom. The van der Waals surface area contributed by atoms with Crippen molar-refractivity contribution >= 4 is 29.2 Å². The Bertz CT molecular complexity index is 478. The molecule has 0 aliphatic carbocycles. The first kappa shape index (κ1) is 13.8. The first-order valence-corrected chi connectivity index (χ1v) is 5.77. The van der Waals surface area contributed by atoms with Crippen molar-refractivity contribution in [2.75, 3.05) is 0 Å². The molecule has 0 N–H and O–H groups in total. The number of benzene rings is 1. The minimum atomic E-state index is -0.394. The van der Waals surface area contributed by atoms with Gasteiger partial charge in [-0.25, -0.2) is 0 Å². The van der Waals surface area contributed by atoms with E-state index in [0.29, 0.717) is 10.6 Å². The Labute approximate surface area is 110 Å². The number of nitriles is 1. The topological polar surface area (TPSA) is 50.1 Å². The van der Waals surface area contributed by atoms with Gasteiger partial charge in [0.15, 0.2) is 0 Å². The average Bonchev–Trinajstić information content (AvgIpc) is 2.23. The van der Waals surface area contributed by atoms with Crippen molar-refractivity contribution in [2.45, 2.75) is 26.4 Å².